The van der Waals surface area contributed by atoms with E-state index >= 15 is 0 Å². The van der Waals surface area contributed by atoms with Crippen molar-refractivity contribution >= 4 is 34.0 Å². The van der Waals surface area contributed by atoms with Gasteiger partial charge in [-0.1, -0.05) is 42.5 Å². The maximum Gasteiger partial charge on any atom is 0.266 e. The molecular weight excluding hydrogens is 376 g/mol. The highest BCUT2D eigenvalue weighted by molar-refractivity contribution is 5.86. The van der Waals surface area contributed by atoms with Gasteiger partial charge >= 0.3 is 0 Å². The molecule has 5 nitrogen and oxygen atoms in total. The van der Waals surface area contributed by atoms with Gasteiger partial charge in [0.05, 0.1) is 23.7 Å². The first-order valence-corrected chi connectivity index (χ1v) is 9.56. The second-order valence-electron chi connectivity index (χ2n) is 6.82. The highest BCUT2D eigenvalue weighted by Gasteiger charge is 2.11. The van der Waals surface area contributed by atoms with Crippen molar-refractivity contribution in [2.24, 2.45) is 0 Å². The lowest BCUT2D eigenvalue weighted by Crippen LogP contribution is -2.22. The van der Waals surface area contributed by atoms with E-state index in [9.17, 15) is 4.79 Å². The topological polar surface area (TPSA) is 57.3 Å². The number of benzene rings is 3. The SMILES string of the molecule is COc1cccc2cc(/C=C/c3nc4ccccc4c(=O)n3-c3ccccc3)oc12. The van der Waals surface area contributed by atoms with E-state index in [4.69, 9.17) is 14.1 Å². The molecule has 5 heteroatoms. The Bertz CT molecular complexity index is 1450. The molecular formula is C25H18N2O3. The molecule has 5 rings (SSSR count). The fourth-order valence-electron chi connectivity index (χ4n) is 3.54. The van der Waals surface area contributed by atoms with Crippen molar-refractivity contribution < 1.29 is 9.15 Å². The Labute approximate surface area is 172 Å². The van der Waals surface area contributed by atoms with Crippen LogP contribution in [-0.2, 0) is 0 Å². The van der Waals surface area contributed by atoms with Gasteiger partial charge in [0.15, 0.2) is 11.3 Å². The van der Waals surface area contributed by atoms with E-state index in [2.05, 4.69) is 0 Å². The van der Waals surface area contributed by atoms with Gasteiger partial charge in [0.25, 0.3) is 5.56 Å². The van der Waals surface area contributed by atoms with E-state index in [1.54, 1.807) is 23.8 Å². The molecule has 2 heterocycles. The molecule has 0 bridgehead atoms. The number of aromatic nitrogens is 2. The van der Waals surface area contributed by atoms with Crippen molar-refractivity contribution in [3.63, 3.8) is 0 Å². The van der Waals surface area contributed by atoms with Crippen LogP contribution in [0.1, 0.15) is 11.6 Å². The first-order chi connectivity index (χ1) is 14.7. The van der Waals surface area contributed by atoms with Gasteiger partial charge in [-0.15, -0.1) is 0 Å². The minimum Gasteiger partial charge on any atom is -0.493 e. The van der Waals surface area contributed by atoms with Crippen molar-refractivity contribution in [3.8, 4) is 11.4 Å². The minimum atomic E-state index is -0.113. The lowest BCUT2D eigenvalue weighted by atomic mass is 10.2. The van der Waals surface area contributed by atoms with Crippen LogP contribution in [0.25, 0.3) is 39.7 Å². The number of furan rings is 1. The Hall–Kier alpha value is -4.12. The Morgan fingerprint density at radius 3 is 2.57 bits per heavy atom. The molecule has 0 unspecified atom stereocenters. The maximum absolute atomic E-state index is 13.2. The monoisotopic (exact) mass is 394 g/mol. The number of para-hydroxylation sites is 3. The molecule has 0 amide bonds. The molecule has 5 aromatic rings. The van der Waals surface area contributed by atoms with Crippen LogP contribution in [0.15, 0.2) is 88.1 Å². The van der Waals surface area contributed by atoms with E-state index in [1.807, 2.05) is 78.9 Å². The number of methoxy groups -OCH3 is 1. The second kappa shape index (κ2) is 7.37. The van der Waals surface area contributed by atoms with Crippen LogP contribution in [0.4, 0.5) is 0 Å². The Balaban J connectivity index is 1.68. The molecule has 0 radical (unpaired) electrons. The van der Waals surface area contributed by atoms with Crippen molar-refractivity contribution in [1.29, 1.82) is 0 Å². The molecule has 146 valence electrons. The number of ether oxygens (including phenoxy) is 1. The van der Waals surface area contributed by atoms with Gasteiger partial charge in [0.2, 0.25) is 0 Å². The zero-order chi connectivity index (χ0) is 20.5. The van der Waals surface area contributed by atoms with Crippen LogP contribution >= 0.6 is 0 Å². The summed E-state index contributed by atoms with van der Waals surface area (Å²) in [6, 6.07) is 24.5. The Morgan fingerprint density at radius 1 is 0.933 bits per heavy atom. The highest BCUT2D eigenvalue weighted by atomic mass is 16.5. The maximum atomic E-state index is 13.2. The molecule has 0 saturated heterocycles. The van der Waals surface area contributed by atoms with E-state index in [0.717, 1.165) is 11.1 Å². The van der Waals surface area contributed by atoms with Gasteiger partial charge in [-0.05, 0) is 48.6 Å². The average molecular weight is 394 g/mol. The highest BCUT2D eigenvalue weighted by Crippen LogP contribution is 2.29. The molecule has 0 aliphatic carbocycles. The molecule has 30 heavy (non-hydrogen) atoms. The Kier molecular flexibility index (Phi) is 4.41. The summed E-state index contributed by atoms with van der Waals surface area (Å²) in [6.07, 6.45) is 3.61. The number of rotatable bonds is 4. The molecule has 0 spiro atoms. The summed E-state index contributed by atoms with van der Waals surface area (Å²) in [4.78, 5) is 18.0. The summed E-state index contributed by atoms with van der Waals surface area (Å²) in [5.74, 6) is 1.85. The molecule has 2 aromatic heterocycles. The van der Waals surface area contributed by atoms with E-state index in [-0.39, 0.29) is 5.56 Å². The Morgan fingerprint density at radius 2 is 1.73 bits per heavy atom. The van der Waals surface area contributed by atoms with E-state index in [0.29, 0.717) is 33.8 Å². The molecule has 0 aliphatic heterocycles. The average Bonchev–Trinajstić information content (AvgIpc) is 3.21. The predicted octanol–water partition coefficient (Wildman–Crippen LogP) is 5.31. The number of hydrogen-bond acceptors (Lipinski definition) is 4. The number of nitrogens with zero attached hydrogens (tertiary/aromatic N) is 2. The first kappa shape index (κ1) is 17.9. The fourth-order valence-corrected chi connectivity index (χ4v) is 3.54. The van der Waals surface area contributed by atoms with Gasteiger partial charge in [-0.2, -0.15) is 0 Å². The molecule has 0 aliphatic rings. The van der Waals surface area contributed by atoms with E-state index < -0.39 is 0 Å². The standard InChI is InChI=1S/C25H18N2O3/c1-29-22-13-7-8-17-16-19(30-24(17)22)14-15-23-26-21-12-6-5-11-20(21)25(28)27(23)18-9-3-2-4-10-18/h2-16H,1H3/b15-14+. The summed E-state index contributed by atoms with van der Waals surface area (Å²) < 4.78 is 12.9. The van der Waals surface area contributed by atoms with Crippen molar-refractivity contribution in [3.05, 3.63) is 101 Å². The minimum absolute atomic E-state index is 0.113. The van der Waals surface area contributed by atoms with Gasteiger partial charge in [-0.3, -0.25) is 9.36 Å². The summed E-state index contributed by atoms with van der Waals surface area (Å²) in [7, 11) is 1.62. The summed E-state index contributed by atoms with van der Waals surface area (Å²) in [6.45, 7) is 0. The van der Waals surface area contributed by atoms with Gasteiger partial charge < -0.3 is 9.15 Å². The quantitative estimate of drug-likeness (QED) is 0.414. The van der Waals surface area contributed by atoms with Crippen molar-refractivity contribution in [1.82, 2.24) is 9.55 Å². The van der Waals surface area contributed by atoms with Gasteiger partial charge in [0.1, 0.15) is 11.6 Å². The van der Waals surface area contributed by atoms with Crippen LogP contribution in [0.2, 0.25) is 0 Å². The van der Waals surface area contributed by atoms with Crippen LogP contribution in [0.3, 0.4) is 0 Å². The lowest BCUT2D eigenvalue weighted by molar-refractivity contribution is 0.410. The van der Waals surface area contributed by atoms with Crippen LogP contribution in [-0.4, -0.2) is 16.7 Å². The summed E-state index contributed by atoms with van der Waals surface area (Å²) in [5.41, 5.74) is 1.98. The van der Waals surface area contributed by atoms with Crippen LogP contribution < -0.4 is 10.3 Å². The largest absolute Gasteiger partial charge is 0.493 e. The van der Waals surface area contributed by atoms with Gasteiger partial charge in [-0.25, -0.2) is 4.98 Å². The summed E-state index contributed by atoms with van der Waals surface area (Å²) in [5, 5.41) is 1.52. The second-order valence-corrected chi connectivity index (χ2v) is 6.82. The van der Waals surface area contributed by atoms with Crippen molar-refractivity contribution in [2.75, 3.05) is 7.11 Å². The smallest absolute Gasteiger partial charge is 0.266 e. The molecule has 0 saturated carbocycles. The molecule has 0 N–H and O–H groups in total. The third-order valence-corrected chi connectivity index (χ3v) is 4.96. The van der Waals surface area contributed by atoms with Crippen LogP contribution in [0.5, 0.6) is 5.75 Å². The summed E-state index contributed by atoms with van der Waals surface area (Å²) >= 11 is 0. The number of fused-ring (bicyclic) bond motifs is 2. The molecule has 0 atom stereocenters. The van der Waals surface area contributed by atoms with Gasteiger partial charge in [0, 0.05) is 5.39 Å². The number of hydrogen-bond donors (Lipinski definition) is 0. The zero-order valence-corrected chi connectivity index (χ0v) is 16.3. The molecule has 0 fully saturated rings. The normalized spacial score (nSPS) is 11.5. The lowest BCUT2D eigenvalue weighted by Gasteiger charge is -2.11. The van der Waals surface area contributed by atoms with Crippen molar-refractivity contribution in [2.45, 2.75) is 0 Å². The first-order valence-electron chi connectivity index (χ1n) is 9.56. The fraction of sp³-hybridized carbons (Fsp3) is 0.0400. The third kappa shape index (κ3) is 3.06. The third-order valence-electron chi connectivity index (χ3n) is 4.96. The zero-order valence-electron chi connectivity index (χ0n) is 16.3. The van der Waals surface area contributed by atoms with E-state index in [1.165, 1.54) is 0 Å². The van der Waals surface area contributed by atoms with Crippen LogP contribution in [0, 0.1) is 0 Å². The molecule has 3 aromatic carbocycles. The predicted molar refractivity (Wildman–Crippen MR) is 119 cm³/mol.